The number of phenols is 1. The summed E-state index contributed by atoms with van der Waals surface area (Å²) in [5, 5.41) is 22.1. The Labute approximate surface area is 172 Å². The largest absolute Gasteiger partial charge is 0.506 e. The number of carboxylic acid groups (broad SMARTS) is 1. The van der Waals surface area contributed by atoms with Crippen LogP contribution < -0.4 is 10.1 Å². The lowest BCUT2D eigenvalue weighted by Crippen LogP contribution is -2.25. The molecule has 2 aromatic carbocycles. The number of carbonyl (C=O) groups is 2. The summed E-state index contributed by atoms with van der Waals surface area (Å²) in [5.74, 6) is -0.875. The van der Waals surface area contributed by atoms with Gasteiger partial charge in [0.1, 0.15) is 17.2 Å². The van der Waals surface area contributed by atoms with Gasteiger partial charge in [-0.3, -0.25) is 4.79 Å². The van der Waals surface area contributed by atoms with Gasteiger partial charge >= 0.3 is 5.97 Å². The molecule has 1 heterocycles. The third kappa shape index (κ3) is 5.17. The zero-order chi connectivity index (χ0) is 21.0. The minimum absolute atomic E-state index is 0.0403. The fourth-order valence-electron chi connectivity index (χ4n) is 2.62. The van der Waals surface area contributed by atoms with Crippen molar-refractivity contribution in [3.05, 3.63) is 58.5 Å². The van der Waals surface area contributed by atoms with E-state index in [0.29, 0.717) is 33.5 Å². The van der Waals surface area contributed by atoms with Crippen LogP contribution in [0, 0.1) is 6.92 Å². The lowest BCUT2D eigenvalue weighted by molar-refractivity contribution is -0.145. The quantitative estimate of drug-likeness (QED) is 0.622. The van der Waals surface area contributed by atoms with Gasteiger partial charge in [0.15, 0.2) is 11.3 Å². The zero-order valence-corrected chi connectivity index (χ0v) is 16.7. The Bertz CT molecular complexity index is 1020. The van der Waals surface area contributed by atoms with E-state index in [1.165, 1.54) is 0 Å². The maximum Gasteiger partial charge on any atom is 0.344 e. The minimum Gasteiger partial charge on any atom is -0.506 e. The van der Waals surface area contributed by atoms with Gasteiger partial charge in [-0.05, 0) is 66.6 Å². The third-order valence-corrected chi connectivity index (χ3v) is 4.99. The molecule has 0 bridgehead atoms. The highest BCUT2D eigenvalue weighted by molar-refractivity contribution is 8.18. The van der Waals surface area contributed by atoms with Gasteiger partial charge in [-0.25, -0.2) is 9.79 Å². The van der Waals surface area contributed by atoms with Crippen molar-refractivity contribution in [1.82, 2.24) is 5.32 Å². The lowest BCUT2D eigenvalue weighted by atomic mass is 10.2. The summed E-state index contributed by atoms with van der Waals surface area (Å²) in [5.41, 5.74) is 1.97. The van der Waals surface area contributed by atoms with Crippen LogP contribution in [0.1, 0.15) is 24.5 Å². The van der Waals surface area contributed by atoms with Crippen molar-refractivity contribution in [2.24, 2.45) is 4.99 Å². The fraction of sp³-hybridized carbons (Fsp3) is 0.190. The molecule has 1 atom stereocenters. The van der Waals surface area contributed by atoms with Crippen molar-refractivity contribution in [2.75, 3.05) is 0 Å². The highest BCUT2D eigenvalue weighted by Crippen LogP contribution is 2.32. The Balaban J connectivity index is 1.79. The van der Waals surface area contributed by atoms with Gasteiger partial charge in [0, 0.05) is 0 Å². The molecule has 3 rings (SSSR count). The van der Waals surface area contributed by atoms with Crippen LogP contribution in [-0.2, 0) is 9.59 Å². The Kier molecular flexibility index (Phi) is 6.23. The van der Waals surface area contributed by atoms with Crippen LogP contribution in [0.3, 0.4) is 0 Å². The van der Waals surface area contributed by atoms with Crippen LogP contribution in [-0.4, -0.2) is 33.4 Å². The van der Waals surface area contributed by atoms with Crippen LogP contribution in [0.25, 0.3) is 6.08 Å². The van der Waals surface area contributed by atoms with Gasteiger partial charge in [0.25, 0.3) is 5.91 Å². The first kappa shape index (κ1) is 20.5. The number of amidine groups is 1. The number of hydrogen-bond acceptors (Lipinski definition) is 6. The highest BCUT2D eigenvalue weighted by atomic mass is 32.2. The van der Waals surface area contributed by atoms with Crippen LogP contribution in [0.4, 0.5) is 5.69 Å². The summed E-state index contributed by atoms with van der Waals surface area (Å²) in [7, 11) is 0. The average Bonchev–Trinajstić information content (AvgIpc) is 3.01. The predicted molar refractivity (Wildman–Crippen MR) is 112 cm³/mol. The summed E-state index contributed by atoms with van der Waals surface area (Å²) in [6.07, 6.45) is 1.08. The number of rotatable bonds is 6. The van der Waals surface area contributed by atoms with Crippen LogP contribution >= 0.6 is 11.8 Å². The zero-order valence-electron chi connectivity index (χ0n) is 15.9. The number of hydrogen-bond donors (Lipinski definition) is 3. The molecule has 3 N–H and O–H groups in total. The number of aryl methyl sites for hydroxylation is 1. The Morgan fingerprint density at radius 3 is 2.79 bits per heavy atom. The molecule has 1 amide bonds. The number of nitrogens with one attached hydrogen (secondary N) is 1. The molecule has 1 fully saturated rings. The van der Waals surface area contributed by atoms with Crippen molar-refractivity contribution < 1.29 is 24.5 Å². The third-order valence-electron chi connectivity index (χ3n) is 4.08. The summed E-state index contributed by atoms with van der Waals surface area (Å²) < 4.78 is 5.49. The summed E-state index contributed by atoms with van der Waals surface area (Å²) >= 11 is 1.15. The number of amides is 1. The van der Waals surface area contributed by atoms with E-state index in [0.717, 1.165) is 17.3 Å². The number of benzene rings is 2. The van der Waals surface area contributed by atoms with E-state index in [4.69, 9.17) is 9.84 Å². The smallest absolute Gasteiger partial charge is 0.344 e. The molecule has 8 heteroatoms. The van der Waals surface area contributed by atoms with Gasteiger partial charge in [0.2, 0.25) is 0 Å². The first-order chi connectivity index (χ1) is 13.9. The average molecular weight is 412 g/mol. The van der Waals surface area contributed by atoms with Gasteiger partial charge in [-0.1, -0.05) is 25.1 Å². The summed E-state index contributed by atoms with van der Waals surface area (Å²) in [6.45, 7) is 3.59. The van der Waals surface area contributed by atoms with Crippen molar-refractivity contribution in [1.29, 1.82) is 0 Å². The monoisotopic (exact) mass is 412 g/mol. The molecule has 7 nitrogen and oxygen atoms in total. The molecule has 1 aliphatic rings. The Morgan fingerprint density at radius 2 is 2.10 bits per heavy atom. The van der Waals surface area contributed by atoms with E-state index < -0.39 is 12.1 Å². The maximum atomic E-state index is 12.3. The van der Waals surface area contributed by atoms with E-state index in [1.807, 2.05) is 13.0 Å². The maximum absolute atomic E-state index is 12.3. The molecule has 0 radical (unpaired) electrons. The Morgan fingerprint density at radius 1 is 1.31 bits per heavy atom. The van der Waals surface area contributed by atoms with E-state index in [-0.39, 0.29) is 11.7 Å². The highest BCUT2D eigenvalue weighted by Gasteiger charge is 2.24. The van der Waals surface area contributed by atoms with Crippen molar-refractivity contribution in [3.8, 4) is 11.5 Å². The molecule has 150 valence electrons. The number of phenolic OH excluding ortho intramolecular Hbond substituents is 1. The van der Waals surface area contributed by atoms with Gasteiger partial charge < -0.3 is 20.3 Å². The molecule has 1 unspecified atom stereocenters. The van der Waals surface area contributed by atoms with Crippen molar-refractivity contribution in [2.45, 2.75) is 26.4 Å². The molecule has 1 saturated heterocycles. The number of carboxylic acids is 1. The lowest BCUT2D eigenvalue weighted by Gasteiger charge is -2.13. The SMILES string of the molecule is CCC(Oc1cccc(/C=C2\SC(=Nc3ccc(C)cc3O)NC2=O)c1)C(=O)O. The first-order valence-corrected chi connectivity index (χ1v) is 9.76. The Hall–Kier alpha value is -3.26. The van der Waals surface area contributed by atoms with Gasteiger partial charge in [-0.2, -0.15) is 0 Å². The van der Waals surface area contributed by atoms with E-state index >= 15 is 0 Å². The van der Waals surface area contributed by atoms with Gasteiger partial charge in [-0.15, -0.1) is 0 Å². The van der Waals surface area contributed by atoms with E-state index in [9.17, 15) is 14.7 Å². The molecule has 29 heavy (non-hydrogen) atoms. The number of nitrogens with zero attached hydrogens (tertiary/aromatic N) is 1. The summed E-state index contributed by atoms with van der Waals surface area (Å²) in [6, 6.07) is 12.0. The molecule has 0 aliphatic carbocycles. The molecular formula is C21H20N2O5S. The molecule has 0 aromatic heterocycles. The summed E-state index contributed by atoms with van der Waals surface area (Å²) in [4.78, 5) is 28.1. The minimum atomic E-state index is -1.03. The van der Waals surface area contributed by atoms with E-state index in [1.54, 1.807) is 49.4 Å². The molecule has 1 aliphatic heterocycles. The molecular weight excluding hydrogens is 392 g/mol. The number of aliphatic imine (C=N–C) groups is 1. The number of ether oxygens (including phenoxy) is 1. The number of aromatic hydroxyl groups is 1. The number of thioether (sulfide) groups is 1. The number of carbonyl (C=O) groups excluding carboxylic acids is 1. The van der Waals surface area contributed by atoms with Crippen LogP contribution in [0.2, 0.25) is 0 Å². The standard InChI is InChI=1S/C21H20N2O5S/c1-3-17(20(26)27)28-14-6-4-5-13(10-14)11-18-19(25)23-21(29-18)22-15-8-7-12(2)9-16(15)24/h4-11,17,24H,3H2,1-2H3,(H,26,27)(H,22,23,25)/b18-11-. The predicted octanol–water partition coefficient (Wildman–Crippen LogP) is 3.83. The second kappa shape index (κ2) is 8.83. The van der Waals surface area contributed by atoms with Gasteiger partial charge in [0.05, 0.1) is 4.91 Å². The van der Waals surface area contributed by atoms with Crippen molar-refractivity contribution >= 4 is 40.6 Å². The van der Waals surface area contributed by atoms with Crippen molar-refractivity contribution in [3.63, 3.8) is 0 Å². The fourth-order valence-corrected chi connectivity index (χ4v) is 3.45. The molecule has 0 saturated carbocycles. The topological polar surface area (TPSA) is 108 Å². The van der Waals surface area contributed by atoms with Crippen LogP contribution in [0.5, 0.6) is 11.5 Å². The normalized spacial score (nSPS) is 17.4. The second-order valence-electron chi connectivity index (χ2n) is 6.40. The second-order valence-corrected chi connectivity index (χ2v) is 7.43. The number of aliphatic carboxylic acids is 1. The van der Waals surface area contributed by atoms with E-state index in [2.05, 4.69) is 10.3 Å². The molecule has 2 aromatic rings. The van der Waals surface area contributed by atoms with Crippen LogP contribution in [0.15, 0.2) is 52.4 Å². The molecule has 0 spiro atoms. The first-order valence-electron chi connectivity index (χ1n) is 8.94.